The van der Waals surface area contributed by atoms with Crippen LogP contribution in [0.4, 0.5) is 0 Å². The minimum Gasteiger partial charge on any atom is -0.369 e. The molecule has 1 aliphatic heterocycles. The minimum atomic E-state index is -0.289. The van der Waals surface area contributed by atoms with Crippen LogP contribution in [0, 0.1) is 0 Å². The largest absolute Gasteiger partial charge is 0.369 e. The van der Waals surface area contributed by atoms with Crippen molar-refractivity contribution in [2.45, 2.75) is 24.3 Å². The molecule has 0 spiro atoms. The predicted octanol–water partition coefficient (Wildman–Crippen LogP) is 2.93. The highest BCUT2D eigenvalue weighted by molar-refractivity contribution is 6.21. The fourth-order valence-corrected chi connectivity index (χ4v) is 2.05. The van der Waals surface area contributed by atoms with Gasteiger partial charge >= 0.3 is 0 Å². The lowest BCUT2D eigenvalue weighted by atomic mass is 9.93. The van der Waals surface area contributed by atoms with Gasteiger partial charge in [-0.3, -0.25) is 0 Å². The van der Waals surface area contributed by atoms with Crippen LogP contribution >= 0.6 is 11.6 Å². The average molecular weight is 197 g/mol. The molecule has 1 aromatic rings. The second-order valence-corrected chi connectivity index (χ2v) is 4.10. The van der Waals surface area contributed by atoms with E-state index in [1.54, 1.807) is 0 Å². The number of alkyl halides is 1. The van der Waals surface area contributed by atoms with Crippen molar-refractivity contribution < 1.29 is 4.74 Å². The van der Waals surface area contributed by atoms with Crippen LogP contribution in [0.1, 0.15) is 18.9 Å². The van der Waals surface area contributed by atoms with Crippen molar-refractivity contribution in [3.05, 3.63) is 35.9 Å². The van der Waals surface area contributed by atoms with Crippen LogP contribution in [-0.4, -0.2) is 12.0 Å². The van der Waals surface area contributed by atoms with Crippen molar-refractivity contribution in [1.29, 1.82) is 0 Å². The molecule has 1 aliphatic rings. The lowest BCUT2D eigenvalue weighted by Crippen LogP contribution is -2.29. The molecule has 0 radical (unpaired) electrons. The molecule has 0 amide bonds. The van der Waals surface area contributed by atoms with E-state index in [4.69, 9.17) is 16.3 Å². The maximum absolute atomic E-state index is 6.23. The third-order valence-electron chi connectivity index (χ3n) is 2.72. The van der Waals surface area contributed by atoms with Crippen molar-refractivity contribution in [2.24, 2.45) is 0 Å². The van der Waals surface area contributed by atoms with Crippen molar-refractivity contribution >= 4 is 11.6 Å². The summed E-state index contributed by atoms with van der Waals surface area (Å²) in [6.07, 6.45) is 0.937. The van der Waals surface area contributed by atoms with Crippen LogP contribution in [0.5, 0.6) is 0 Å². The molecular weight excluding hydrogens is 184 g/mol. The number of rotatable bonds is 1. The Labute approximate surface area is 83.7 Å². The molecule has 1 nitrogen and oxygen atoms in total. The quantitative estimate of drug-likeness (QED) is 0.628. The molecular formula is C11H13ClO. The van der Waals surface area contributed by atoms with Crippen molar-refractivity contribution in [2.75, 3.05) is 6.61 Å². The summed E-state index contributed by atoms with van der Waals surface area (Å²) in [7, 11) is 0. The lowest BCUT2D eigenvalue weighted by Gasteiger charge is -2.27. The zero-order chi connectivity index (χ0) is 9.31. The Morgan fingerprint density at radius 2 is 2.08 bits per heavy atom. The van der Waals surface area contributed by atoms with Gasteiger partial charge in [-0.2, -0.15) is 0 Å². The normalized spacial score (nSPS) is 33.5. The molecule has 2 heteroatoms. The molecule has 0 unspecified atom stereocenters. The average Bonchev–Trinajstić information content (AvgIpc) is 2.50. The summed E-state index contributed by atoms with van der Waals surface area (Å²) in [5.74, 6) is 0. The van der Waals surface area contributed by atoms with Crippen LogP contribution in [0.25, 0.3) is 0 Å². The maximum Gasteiger partial charge on any atom is 0.107 e. The van der Waals surface area contributed by atoms with Gasteiger partial charge in [0.25, 0.3) is 0 Å². The van der Waals surface area contributed by atoms with Crippen molar-refractivity contribution in [3.63, 3.8) is 0 Å². The zero-order valence-electron chi connectivity index (χ0n) is 7.66. The first-order valence-corrected chi connectivity index (χ1v) is 5.01. The molecule has 2 atom stereocenters. The summed E-state index contributed by atoms with van der Waals surface area (Å²) in [6.45, 7) is 2.83. The highest BCUT2D eigenvalue weighted by Gasteiger charge is 2.40. The van der Waals surface area contributed by atoms with Crippen LogP contribution < -0.4 is 0 Å². The Kier molecular flexibility index (Phi) is 2.31. The molecule has 0 aromatic heterocycles. The fraction of sp³-hybridized carbons (Fsp3) is 0.455. The first-order chi connectivity index (χ1) is 6.23. The molecule has 0 saturated carbocycles. The number of ether oxygens (including phenoxy) is 1. The van der Waals surface area contributed by atoms with Crippen LogP contribution in [0.2, 0.25) is 0 Å². The summed E-state index contributed by atoms with van der Waals surface area (Å²) < 4.78 is 5.71. The van der Waals surface area contributed by atoms with Gasteiger partial charge in [0.05, 0.1) is 5.38 Å². The smallest absolute Gasteiger partial charge is 0.107 e. The van der Waals surface area contributed by atoms with Gasteiger partial charge in [0.1, 0.15) is 5.60 Å². The molecule has 1 heterocycles. The minimum absolute atomic E-state index is 0.0925. The third kappa shape index (κ3) is 1.47. The summed E-state index contributed by atoms with van der Waals surface area (Å²) >= 11 is 6.23. The first kappa shape index (κ1) is 9.04. The number of benzene rings is 1. The van der Waals surface area contributed by atoms with E-state index in [2.05, 4.69) is 19.1 Å². The van der Waals surface area contributed by atoms with Crippen molar-refractivity contribution in [1.82, 2.24) is 0 Å². The van der Waals surface area contributed by atoms with E-state index in [9.17, 15) is 0 Å². The summed E-state index contributed by atoms with van der Waals surface area (Å²) in [5.41, 5.74) is 0.885. The fourth-order valence-electron chi connectivity index (χ4n) is 1.77. The zero-order valence-corrected chi connectivity index (χ0v) is 8.42. The van der Waals surface area contributed by atoms with Gasteiger partial charge in [-0.25, -0.2) is 0 Å². The van der Waals surface area contributed by atoms with Crippen LogP contribution in [-0.2, 0) is 10.3 Å². The first-order valence-electron chi connectivity index (χ1n) is 4.57. The Balaban J connectivity index is 2.34. The number of hydrogen-bond donors (Lipinski definition) is 0. The van der Waals surface area contributed by atoms with E-state index < -0.39 is 0 Å². The Bertz CT molecular complexity index is 285. The highest BCUT2D eigenvalue weighted by atomic mass is 35.5. The lowest BCUT2D eigenvalue weighted by molar-refractivity contribution is 0.0187. The molecule has 2 rings (SSSR count). The highest BCUT2D eigenvalue weighted by Crippen LogP contribution is 2.38. The molecule has 1 aromatic carbocycles. The van der Waals surface area contributed by atoms with Crippen LogP contribution in [0.15, 0.2) is 30.3 Å². The standard InChI is InChI=1S/C11H13ClO/c1-11(10(12)7-8-13-11)9-5-3-2-4-6-9/h2-6,10H,7-8H2,1H3/t10-,11-/m0/s1. The molecule has 0 aliphatic carbocycles. The molecule has 0 bridgehead atoms. The van der Waals surface area contributed by atoms with E-state index in [0.29, 0.717) is 0 Å². The SMILES string of the molecule is C[C@@]1(c2ccccc2)OCC[C@@H]1Cl. The molecule has 1 fully saturated rings. The Morgan fingerprint density at radius 3 is 2.62 bits per heavy atom. The van der Waals surface area contributed by atoms with E-state index in [-0.39, 0.29) is 11.0 Å². The van der Waals surface area contributed by atoms with Gasteiger partial charge in [0.2, 0.25) is 0 Å². The van der Waals surface area contributed by atoms with E-state index in [0.717, 1.165) is 13.0 Å². The second kappa shape index (κ2) is 3.32. The molecule has 0 N–H and O–H groups in total. The molecule has 13 heavy (non-hydrogen) atoms. The Hall–Kier alpha value is -0.530. The predicted molar refractivity (Wildman–Crippen MR) is 54.0 cm³/mol. The number of halogens is 1. The van der Waals surface area contributed by atoms with Gasteiger partial charge in [0.15, 0.2) is 0 Å². The second-order valence-electron chi connectivity index (χ2n) is 3.58. The van der Waals surface area contributed by atoms with Gasteiger partial charge in [-0.15, -0.1) is 11.6 Å². The number of hydrogen-bond acceptors (Lipinski definition) is 1. The van der Waals surface area contributed by atoms with E-state index in [1.807, 2.05) is 18.2 Å². The van der Waals surface area contributed by atoms with E-state index in [1.165, 1.54) is 5.56 Å². The summed E-state index contributed by atoms with van der Waals surface area (Å²) in [6, 6.07) is 10.2. The van der Waals surface area contributed by atoms with Crippen LogP contribution in [0.3, 0.4) is 0 Å². The molecule has 1 saturated heterocycles. The van der Waals surface area contributed by atoms with Gasteiger partial charge in [-0.05, 0) is 18.9 Å². The van der Waals surface area contributed by atoms with Gasteiger partial charge in [-0.1, -0.05) is 30.3 Å². The topological polar surface area (TPSA) is 9.23 Å². The van der Waals surface area contributed by atoms with Crippen molar-refractivity contribution in [3.8, 4) is 0 Å². The van der Waals surface area contributed by atoms with Gasteiger partial charge in [0, 0.05) is 6.61 Å². The third-order valence-corrected chi connectivity index (χ3v) is 3.35. The monoisotopic (exact) mass is 196 g/mol. The van der Waals surface area contributed by atoms with Gasteiger partial charge < -0.3 is 4.74 Å². The molecule has 70 valence electrons. The maximum atomic E-state index is 6.23. The Morgan fingerprint density at radius 1 is 1.38 bits per heavy atom. The van der Waals surface area contributed by atoms with E-state index >= 15 is 0 Å². The summed E-state index contributed by atoms with van der Waals surface area (Å²) in [4.78, 5) is 0. The summed E-state index contributed by atoms with van der Waals surface area (Å²) in [5, 5.41) is 0.0925.